The van der Waals surface area contributed by atoms with E-state index < -0.39 is 0 Å². The Hall–Kier alpha value is -7.10. The Bertz CT molecular complexity index is 2760. The zero-order chi connectivity index (χ0) is 36.6. The first-order chi connectivity index (χ1) is 27.2. The summed E-state index contributed by atoms with van der Waals surface area (Å²) in [6.45, 7) is 0. The Morgan fingerprint density at radius 2 is 0.873 bits per heavy atom. The number of rotatable bonds is 7. The number of fused-ring (bicyclic) bond motifs is 3. The third-order valence-electron chi connectivity index (χ3n) is 10.7. The van der Waals surface area contributed by atoms with Crippen LogP contribution in [0.2, 0.25) is 0 Å². The third-order valence-corrected chi connectivity index (χ3v) is 10.7. The molecule has 10 rings (SSSR count). The van der Waals surface area contributed by atoms with E-state index in [2.05, 4.69) is 193 Å². The molecule has 55 heavy (non-hydrogen) atoms. The monoisotopic (exact) mass is 703 g/mol. The molecule has 3 heteroatoms. The van der Waals surface area contributed by atoms with Gasteiger partial charge in [0, 0.05) is 33.5 Å². The number of allylic oxidation sites excluding steroid dienone is 1. The van der Waals surface area contributed by atoms with Gasteiger partial charge in [-0.05, 0) is 100 Å². The van der Waals surface area contributed by atoms with Crippen molar-refractivity contribution >= 4 is 17.0 Å². The van der Waals surface area contributed by atoms with Crippen molar-refractivity contribution in [3.8, 4) is 73.0 Å². The summed E-state index contributed by atoms with van der Waals surface area (Å²) in [5.74, 6) is 0.697. The topological polar surface area (TPSA) is 30.7 Å². The van der Waals surface area contributed by atoms with Crippen LogP contribution in [0.1, 0.15) is 17.7 Å². The Balaban J connectivity index is 1.03. The van der Waals surface area contributed by atoms with Crippen LogP contribution in [-0.2, 0) is 6.42 Å². The molecule has 0 unspecified atom stereocenters. The van der Waals surface area contributed by atoms with Crippen molar-refractivity contribution in [2.45, 2.75) is 12.8 Å². The number of hydrogen-bond acceptors (Lipinski definition) is 2. The summed E-state index contributed by atoms with van der Waals surface area (Å²) in [4.78, 5) is 10.3. The van der Waals surface area contributed by atoms with E-state index in [1.165, 1.54) is 39.0 Å². The second-order valence-corrected chi connectivity index (χ2v) is 14.1. The first-order valence-electron chi connectivity index (χ1n) is 19.0. The van der Waals surface area contributed by atoms with Gasteiger partial charge in [-0.1, -0.05) is 152 Å². The summed E-state index contributed by atoms with van der Waals surface area (Å²) in [6, 6.07) is 66.8. The molecule has 0 aliphatic heterocycles. The predicted octanol–water partition coefficient (Wildman–Crippen LogP) is 13.4. The molecule has 0 radical (unpaired) electrons. The highest BCUT2D eigenvalue weighted by molar-refractivity contribution is 5.91. The van der Waals surface area contributed by atoms with Crippen LogP contribution in [-0.4, -0.2) is 14.5 Å². The van der Waals surface area contributed by atoms with Crippen LogP contribution in [0.3, 0.4) is 0 Å². The van der Waals surface area contributed by atoms with E-state index in [-0.39, 0.29) is 0 Å². The van der Waals surface area contributed by atoms with Crippen LogP contribution in [0.15, 0.2) is 194 Å². The summed E-state index contributed by atoms with van der Waals surface area (Å²) in [7, 11) is 0. The van der Waals surface area contributed by atoms with Gasteiger partial charge in [-0.2, -0.15) is 0 Å². The quantitative estimate of drug-likeness (QED) is 0.165. The first-order valence-corrected chi connectivity index (χ1v) is 19.0. The highest BCUT2D eigenvalue weighted by atomic mass is 15.0. The van der Waals surface area contributed by atoms with Crippen molar-refractivity contribution in [1.82, 2.24) is 14.5 Å². The number of nitrogens with zero attached hydrogens (tertiary/aromatic N) is 3. The van der Waals surface area contributed by atoms with Gasteiger partial charge in [0.15, 0.2) is 5.82 Å². The third kappa shape index (κ3) is 6.26. The fourth-order valence-electron chi connectivity index (χ4n) is 7.93. The molecule has 0 amide bonds. The summed E-state index contributed by atoms with van der Waals surface area (Å²) >= 11 is 0. The van der Waals surface area contributed by atoms with Crippen LogP contribution in [0, 0.1) is 0 Å². The van der Waals surface area contributed by atoms with Gasteiger partial charge in [0.25, 0.3) is 0 Å². The lowest BCUT2D eigenvalue weighted by Crippen LogP contribution is -2.00. The Labute approximate surface area is 321 Å². The molecule has 0 N–H and O–H groups in total. The predicted molar refractivity (Wildman–Crippen MR) is 229 cm³/mol. The fraction of sp³-hybridized carbons (Fsp3) is 0.0385. The number of aryl methyl sites for hydroxylation is 1. The number of hydrogen-bond donors (Lipinski definition) is 0. The molecule has 2 aromatic heterocycles. The Morgan fingerprint density at radius 1 is 0.400 bits per heavy atom. The largest absolute Gasteiger partial charge is 0.310 e. The fourth-order valence-corrected chi connectivity index (χ4v) is 7.93. The average molecular weight is 704 g/mol. The molecule has 0 fully saturated rings. The smallest absolute Gasteiger partial charge is 0.160 e. The summed E-state index contributed by atoms with van der Waals surface area (Å²) in [5, 5.41) is 1.35. The van der Waals surface area contributed by atoms with Crippen LogP contribution < -0.4 is 0 Å². The molecule has 260 valence electrons. The molecule has 0 atom stereocenters. The minimum atomic E-state index is 0.697. The SMILES string of the molecule is C1=Cc2c(c3ccccc3n2-c2ccc(-c3ccc(-c4cc(-c5ccccc5)cc(-c5nc(-c6ccccc6)cc(-c6ccccc6)n5)c4)cc3)cc2)CC1. The minimum Gasteiger partial charge on any atom is -0.310 e. The maximum Gasteiger partial charge on any atom is 0.160 e. The summed E-state index contributed by atoms with van der Waals surface area (Å²) in [5.41, 5.74) is 17.0. The van der Waals surface area contributed by atoms with Crippen molar-refractivity contribution in [2.24, 2.45) is 0 Å². The molecule has 0 bridgehead atoms. The second kappa shape index (κ2) is 14.0. The molecular weight excluding hydrogens is 667 g/mol. The highest BCUT2D eigenvalue weighted by Crippen LogP contribution is 2.37. The van der Waals surface area contributed by atoms with E-state index in [1.807, 2.05) is 12.1 Å². The molecule has 2 heterocycles. The number of aromatic nitrogens is 3. The van der Waals surface area contributed by atoms with Gasteiger partial charge < -0.3 is 4.57 Å². The standard InChI is InChI=1S/C52H37N3/c1-4-14-36(15-5-1)42-32-43(34-44(33-42)52-53-48(40-16-6-2-7-17-40)35-49(54-52)41-18-8-3-9-19-41)39-26-24-37(25-27-39)38-28-30-45(31-29-38)55-50-22-12-10-20-46(50)47-21-11-13-23-51(47)55/h1-10,12-20,22-35H,11,21H2. The van der Waals surface area contributed by atoms with E-state index in [9.17, 15) is 0 Å². The van der Waals surface area contributed by atoms with Crippen molar-refractivity contribution in [1.29, 1.82) is 0 Å². The average Bonchev–Trinajstić information content (AvgIpc) is 3.61. The van der Waals surface area contributed by atoms with E-state index in [0.29, 0.717) is 5.82 Å². The van der Waals surface area contributed by atoms with Crippen LogP contribution in [0.25, 0.3) is 89.9 Å². The normalized spacial score (nSPS) is 12.1. The van der Waals surface area contributed by atoms with E-state index in [1.54, 1.807) is 0 Å². The van der Waals surface area contributed by atoms with Gasteiger partial charge in [0.1, 0.15) is 0 Å². The summed E-state index contributed by atoms with van der Waals surface area (Å²) in [6.07, 6.45) is 6.76. The van der Waals surface area contributed by atoms with Gasteiger partial charge >= 0.3 is 0 Å². The minimum absolute atomic E-state index is 0.697. The van der Waals surface area contributed by atoms with Crippen LogP contribution in [0.5, 0.6) is 0 Å². The van der Waals surface area contributed by atoms with E-state index >= 15 is 0 Å². The maximum atomic E-state index is 5.17. The molecule has 0 saturated heterocycles. The molecule has 1 aliphatic carbocycles. The van der Waals surface area contributed by atoms with Crippen molar-refractivity contribution in [2.75, 3.05) is 0 Å². The number of benzene rings is 7. The second-order valence-electron chi connectivity index (χ2n) is 14.1. The molecule has 0 spiro atoms. The lowest BCUT2D eigenvalue weighted by Gasteiger charge is -2.14. The summed E-state index contributed by atoms with van der Waals surface area (Å²) < 4.78 is 2.41. The van der Waals surface area contributed by atoms with E-state index in [0.717, 1.165) is 63.2 Å². The van der Waals surface area contributed by atoms with Gasteiger partial charge in [0.2, 0.25) is 0 Å². The molecule has 7 aromatic carbocycles. The lowest BCUT2D eigenvalue weighted by molar-refractivity contribution is 0.967. The molecule has 1 aliphatic rings. The zero-order valence-electron chi connectivity index (χ0n) is 30.3. The zero-order valence-corrected chi connectivity index (χ0v) is 30.3. The first kappa shape index (κ1) is 32.5. The van der Waals surface area contributed by atoms with Crippen molar-refractivity contribution in [3.05, 3.63) is 205 Å². The lowest BCUT2D eigenvalue weighted by atomic mass is 9.94. The Kier molecular flexibility index (Phi) is 8.31. The van der Waals surface area contributed by atoms with Gasteiger partial charge in [-0.15, -0.1) is 0 Å². The van der Waals surface area contributed by atoms with Gasteiger partial charge in [-0.25, -0.2) is 9.97 Å². The van der Waals surface area contributed by atoms with Crippen molar-refractivity contribution in [3.63, 3.8) is 0 Å². The maximum absolute atomic E-state index is 5.17. The molecule has 3 nitrogen and oxygen atoms in total. The van der Waals surface area contributed by atoms with E-state index in [4.69, 9.17) is 9.97 Å². The molecule has 9 aromatic rings. The number of para-hydroxylation sites is 1. The molecular formula is C52H37N3. The highest BCUT2D eigenvalue weighted by Gasteiger charge is 2.18. The van der Waals surface area contributed by atoms with Crippen LogP contribution >= 0.6 is 0 Å². The van der Waals surface area contributed by atoms with Crippen molar-refractivity contribution < 1.29 is 0 Å². The van der Waals surface area contributed by atoms with Gasteiger partial charge in [-0.3, -0.25) is 0 Å². The van der Waals surface area contributed by atoms with Crippen LogP contribution in [0.4, 0.5) is 0 Å². The Morgan fingerprint density at radius 3 is 1.47 bits per heavy atom. The van der Waals surface area contributed by atoms with Gasteiger partial charge in [0.05, 0.1) is 16.9 Å². The molecule has 0 saturated carbocycles.